The van der Waals surface area contributed by atoms with E-state index < -0.39 is 28.4 Å². The predicted molar refractivity (Wildman–Crippen MR) is 83.8 cm³/mol. The largest absolute Gasteiger partial charge is 0.370 e. The number of benzene rings is 1. The van der Waals surface area contributed by atoms with Crippen LogP contribution >= 0.6 is 0 Å². The molecule has 1 amide bonds. The first kappa shape index (κ1) is 16.7. The summed E-state index contributed by atoms with van der Waals surface area (Å²) in [4.78, 5) is 15.2. The van der Waals surface area contributed by atoms with E-state index in [1.54, 1.807) is 24.5 Å². The second kappa shape index (κ2) is 6.21. The molecule has 1 aromatic carbocycles. The Kier molecular flexibility index (Phi) is 4.50. The summed E-state index contributed by atoms with van der Waals surface area (Å²) >= 11 is 0. The molecule has 1 aromatic heterocycles. The lowest BCUT2D eigenvalue weighted by molar-refractivity contribution is 0.100. The molecular weight excluding hydrogens is 323 g/mol. The summed E-state index contributed by atoms with van der Waals surface area (Å²) in [6.45, 7) is -0.973. The maximum Gasteiger partial charge on any atom is 0.280 e. The van der Waals surface area contributed by atoms with Gasteiger partial charge >= 0.3 is 0 Å². The normalized spacial score (nSPS) is 11.2. The number of rotatable bonds is 4. The second-order valence-corrected chi connectivity index (χ2v) is 6.80. The number of hydrogen-bond acceptors (Lipinski definition) is 3. The number of nitrogens with zero attached hydrogens (tertiary/aromatic N) is 2. The van der Waals surface area contributed by atoms with Crippen LogP contribution in [0.3, 0.4) is 0 Å². The number of aromatic nitrogens is 1. The van der Waals surface area contributed by atoms with E-state index in [1.165, 1.54) is 10.6 Å². The van der Waals surface area contributed by atoms with E-state index in [4.69, 9.17) is 11.5 Å². The van der Waals surface area contributed by atoms with E-state index in [0.717, 1.165) is 12.3 Å². The fraction of sp³-hybridized carbons (Fsp3) is 0.143. The van der Waals surface area contributed by atoms with Gasteiger partial charge < -0.3 is 16.0 Å². The molecule has 0 aliphatic rings. The number of amides is 1. The van der Waals surface area contributed by atoms with Crippen LogP contribution in [0.5, 0.6) is 0 Å². The summed E-state index contributed by atoms with van der Waals surface area (Å²) in [5.41, 5.74) is 10.3. The number of alkyl halides is 1. The Hall–Kier alpha value is -2.68. The van der Waals surface area contributed by atoms with Crippen molar-refractivity contribution < 1.29 is 17.6 Å². The zero-order chi connectivity index (χ0) is 17.2. The summed E-state index contributed by atoms with van der Waals surface area (Å²) in [7, 11) is -3.68. The van der Waals surface area contributed by atoms with Crippen molar-refractivity contribution in [2.75, 3.05) is 6.26 Å². The summed E-state index contributed by atoms with van der Waals surface area (Å²) in [6.07, 6.45) is 4.23. The van der Waals surface area contributed by atoms with Gasteiger partial charge in [0.05, 0.1) is 10.6 Å². The minimum Gasteiger partial charge on any atom is -0.370 e. The minimum atomic E-state index is -3.68. The fourth-order valence-corrected chi connectivity index (χ4v) is 2.97. The van der Waals surface area contributed by atoms with Gasteiger partial charge in [0.15, 0.2) is 15.8 Å². The average Bonchev–Trinajstić information content (AvgIpc) is 2.98. The maximum absolute atomic E-state index is 13.3. The SMILES string of the molecule is CS(=O)(=O)c1cc(C(=O)N=C(N)N)c(CF)cc1-n1cccc1. The lowest BCUT2D eigenvalue weighted by Crippen LogP contribution is -2.24. The van der Waals surface area contributed by atoms with Crippen LogP contribution in [0.15, 0.2) is 46.5 Å². The Morgan fingerprint density at radius 3 is 2.35 bits per heavy atom. The molecule has 23 heavy (non-hydrogen) atoms. The molecule has 0 fully saturated rings. The zero-order valence-corrected chi connectivity index (χ0v) is 13.0. The smallest absolute Gasteiger partial charge is 0.280 e. The summed E-state index contributed by atoms with van der Waals surface area (Å²) in [5, 5.41) is 0. The Labute approximate surface area is 132 Å². The van der Waals surface area contributed by atoms with Crippen LogP contribution in [0.4, 0.5) is 4.39 Å². The predicted octanol–water partition coefficient (Wildman–Crippen LogP) is 0.764. The fourth-order valence-electron chi connectivity index (χ4n) is 2.09. The van der Waals surface area contributed by atoms with E-state index in [9.17, 15) is 17.6 Å². The quantitative estimate of drug-likeness (QED) is 0.630. The highest BCUT2D eigenvalue weighted by molar-refractivity contribution is 7.90. The third-order valence-corrected chi connectivity index (χ3v) is 4.20. The van der Waals surface area contributed by atoms with E-state index in [2.05, 4.69) is 4.99 Å². The molecule has 0 radical (unpaired) electrons. The topological polar surface area (TPSA) is 121 Å². The van der Waals surface area contributed by atoms with Crippen molar-refractivity contribution in [3.63, 3.8) is 0 Å². The highest BCUT2D eigenvalue weighted by Crippen LogP contribution is 2.26. The van der Waals surface area contributed by atoms with Gasteiger partial charge in [0, 0.05) is 24.2 Å². The highest BCUT2D eigenvalue weighted by Gasteiger charge is 2.21. The zero-order valence-electron chi connectivity index (χ0n) is 12.2. The average molecular weight is 338 g/mol. The standard InChI is InChI=1S/C14H15FN4O3S/c1-23(21,22)12-7-10(13(20)18-14(16)17)9(8-15)6-11(12)19-4-2-3-5-19/h2-7H,8H2,1H3,(H4,16,17,18,20). The van der Waals surface area contributed by atoms with Crippen LogP contribution in [0.25, 0.3) is 5.69 Å². The van der Waals surface area contributed by atoms with Gasteiger partial charge in [0.25, 0.3) is 5.91 Å². The summed E-state index contributed by atoms with van der Waals surface area (Å²) in [6, 6.07) is 5.78. The molecule has 2 aromatic rings. The van der Waals surface area contributed by atoms with Crippen LogP contribution in [0.2, 0.25) is 0 Å². The van der Waals surface area contributed by atoms with Gasteiger partial charge in [-0.25, -0.2) is 12.8 Å². The number of carbonyl (C=O) groups excluding carboxylic acids is 1. The first-order chi connectivity index (χ1) is 10.7. The molecule has 0 bridgehead atoms. The van der Waals surface area contributed by atoms with Crippen molar-refractivity contribution >= 4 is 21.7 Å². The lowest BCUT2D eigenvalue weighted by atomic mass is 10.1. The number of hydrogen-bond donors (Lipinski definition) is 2. The molecule has 0 atom stereocenters. The Morgan fingerprint density at radius 1 is 1.26 bits per heavy atom. The van der Waals surface area contributed by atoms with Crippen molar-refractivity contribution in [2.24, 2.45) is 16.5 Å². The molecule has 2 rings (SSSR count). The molecule has 1 heterocycles. The van der Waals surface area contributed by atoms with Gasteiger partial charge in [0.2, 0.25) is 0 Å². The third-order valence-electron chi connectivity index (χ3n) is 3.07. The van der Waals surface area contributed by atoms with Crippen molar-refractivity contribution in [2.45, 2.75) is 11.6 Å². The van der Waals surface area contributed by atoms with Gasteiger partial charge in [-0.3, -0.25) is 4.79 Å². The van der Waals surface area contributed by atoms with Crippen LogP contribution in [-0.4, -0.2) is 31.1 Å². The maximum atomic E-state index is 13.3. The van der Waals surface area contributed by atoms with Gasteiger partial charge in [-0.1, -0.05) is 0 Å². The van der Waals surface area contributed by atoms with E-state index in [0.29, 0.717) is 0 Å². The molecule has 0 saturated carbocycles. The lowest BCUT2D eigenvalue weighted by Gasteiger charge is -2.13. The number of sulfone groups is 1. The van der Waals surface area contributed by atoms with Crippen LogP contribution < -0.4 is 11.5 Å². The Morgan fingerprint density at radius 2 is 1.87 bits per heavy atom. The first-order valence-electron chi connectivity index (χ1n) is 6.44. The highest BCUT2D eigenvalue weighted by atomic mass is 32.2. The van der Waals surface area contributed by atoms with E-state index in [-0.39, 0.29) is 21.7 Å². The van der Waals surface area contributed by atoms with Crippen LogP contribution in [0.1, 0.15) is 15.9 Å². The molecule has 0 aliphatic heterocycles. The monoisotopic (exact) mass is 338 g/mol. The van der Waals surface area contributed by atoms with Gasteiger partial charge in [-0.15, -0.1) is 0 Å². The third kappa shape index (κ3) is 3.57. The second-order valence-electron chi connectivity index (χ2n) is 4.82. The van der Waals surface area contributed by atoms with Crippen LogP contribution in [0, 0.1) is 0 Å². The Bertz CT molecular complexity index is 870. The number of aliphatic imine (C=N–C) groups is 1. The van der Waals surface area contributed by atoms with Crippen molar-refractivity contribution in [3.8, 4) is 5.69 Å². The van der Waals surface area contributed by atoms with E-state index in [1.807, 2.05) is 0 Å². The molecule has 0 unspecified atom stereocenters. The molecule has 9 heteroatoms. The first-order valence-corrected chi connectivity index (χ1v) is 8.33. The minimum absolute atomic E-state index is 0.00361. The molecule has 0 saturated heterocycles. The molecule has 0 aliphatic carbocycles. The molecule has 122 valence electrons. The number of carbonyl (C=O) groups is 1. The number of nitrogens with two attached hydrogens (primary N) is 2. The number of halogens is 1. The van der Waals surface area contributed by atoms with E-state index >= 15 is 0 Å². The molecule has 4 N–H and O–H groups in total. The van der Waals surface area contributed by atoms with Crippen molar-refractivity contribution in [1.82, 2.24) is 4.57 Å². The van der Waals surface area contributed by atoms with Gasteiger partial charge in [-0.05, 0) is 29.8 Å². The van der Waals surface area contributed by atoms with Crippen molar-refractivity contribution in [1.29, 1.82) is 0 Å². The van der Waals surface area contributed by atoms with Gasteiger partial charge in [-0.2, -0.15) is 4.99 Å². The summed E-state index contributed by atoms with van der Waals surface area (Å²) in [5.74, 6) is -1.39. The molecule has 7 nitrogen and oxygen atoms in total. The molecular formula is C14H15FN4O3S. The van der Waals surface area contributed by atoms with Crippen LogP contribution in [-0.2, 0) is 16.5 Å². The van der Waals surface area contributed by atoms with Gasteiger partial charge in [0.1, 0.15) is 6.67 Å². The number of guanidine groups is 1. The Balaban J connectivity index is 2.77. The molecule has 0 spiro atoms. The van der Waals surface area contributed by atoms with Crippen molar-refractivity contribution in [3.05, 3.63) is 47.8 Å². The summed E-state index contributed by atoms with van der Waals surface area (Å²) < 4.78 is 38.9.